The van der Waals surface area contributed by atoms with E-state index in [9.17, 15) is 0 Å². The molecule has 2 nitrogen and oxygen atoms in total. The van der Waals surface area contributed by atoms with Crippen LogP contribution in [-0.4, -0.2) is 12.1 Å². The van der Waals surface area contributed by atoms with E-state index >= 15 is 0 Å². The summed E-state index contributed by atoms with van der Waals surface area (Å²) in [6.45, 7) is 4.48. The number of hydrogen-bond donors (Lipinski definition) is 0. The van der Waals surface area contributed by atoms with Crippen LogP contribution in [0.15, 0.2) is 5.38 Å². The van der Waals surface area contributed by atoms with Crippen LogP contribution in [0.5, 0.6) is 0 Å². The van der Waals surface area contributed by atoms with Crippen molar-refractivity contribution in [2.75, 3.05) is 7.11 Å². The van der Waals surface area contributed by atoms with Gasteiger partial charge in [-0.2, -0.15) is 0 Å². The first-order valence-electron chi connectivity index (χ1n) is 6.20. The molecule has 1 aliphatic carbocycles. The summed E-state index contributed by atoms with van der Waals surface area (Å²) < 4.78 is 5.84. The molecular weight excluding hydrogens is 218 g/mol. The fraction of sp³-hybridized carbons (Fsp3) is 0.769. The van der Waals surface area contributed by atoms with Crippen LogP contribution in [0.3, 0.4) is 0 Å². The molecule has 0 saturated heterocycles. The first-order chi connectivity index (χ1) is 7.70. The van der Waals surface area contributed by atoms with Crippen molar-refractivity contribution in [2.24, 2.45) is 5.92 Å². The first kappa shape index (κ1) is 12.1. The predicted molar refractivity (Wildman–Crippen MR) is 67.8 cm³/mol. The van der Waals surface area contributed by atoms with Gasteiger partial charge in [0.2, 0.25) is 0 Å². The van der Waals surface area contributed by atoms with Crippen LogP contribution in [0.25, 0.3) is 0 Å². The number of methoxy groups -OCH3 is 1. The third-order valence-corrected chi connectivity index (χ3v) is 4.73. The first-order valence-corrected chi connectivity index (χ1v) is 7.08. The summed E-state index contributed by atoms with van der Waals surface area (Å²) in [6.07, 6.45) is 5.86. The van der Waals surface area contributed by atoms with Crippen molar-refractivity contribution in [2.45, 2.75) is 51.6 Å². The maximum atomic E-state index is 5.84. The Bertz CT molecular complexity index is 349. The number of thiazole rings is 1. The lowest BCUT2D eigenvalue weighted by Gasteiger charge is -2.37. The predicted octanol–water partition coefficient (Wildman–Crippen LogP) is 3.76. The average molecular weight is 239 g/mol. The van der Waals surface area contributed by atoms with Crippen molar-refractivity contribution < 1.29 is 4.74 Å². The fourth-order valence-corrected chi connectivity index (χ4v) is 3.77. The number of rotatable bonds is 3. The largest absolute Gasteiger partial charge is 0.371 e. The summed E-state index contributed by atoms with van der Waals surface area (Å²) >= 11 is 1.77. The van der Waals surface area contributed by atoms with Crippen molar-refractivity contribution >= 4 is 11.3 Å². The molecule has 0 radical (unpaired) electrons. The van der Waals surface area contributed by atoms with E-state index in [0.29, 0.717) is 0 Å². The summed E-state index contributed by atoms with van der Waals surface area (Å²) in [5.74, 6) is 0.752. The van der Waals surface area contributed by atoms with Crippen molar-refractivity contribution in [1.82, 2.24) is 4.98 Å². The molecule has 2 atom stereocenters. The highest BCUT2D eigenvalue weighted by atomic mass is 32.1. The normalized spacial score (nSPS) is 30.6. The molecule has 0 amide bonds. The van der Waals surface area contributed by atoms with E-state index < -0.39 is 0 Å². The van der Waals surface area contributed by atoms with E-state index in [2.05, 4.69) is 19.2 Å². The zero-order valence-electron chi connectivity index (χ0n) is 10.5. The smallest absolute Gasteiger partial charge is 0.125 e. The van der Waals surface area contributed by atoms with E-state index in [1.165, 1.54) is 23.5 Å². The Balaban J connectivity index is 2.25. The zero-order chi connectivity index (χ0) is 11.6. The van der Waals surface area contributed by atoms with Crippen LogP contribution in [0, 0.1) is 5.92 Å². The van der Waals surface area contributed by atoms with Gasteiger partial charge >= 0.3 is 0 Å². The fourth-order valence-electron chi connectivity index (χ4n) is 2.65. The van der Waals surface area contributed by atoms with Gasteiger partial charge in [0.15, 0.2) is 0 Å². The Morgan fingerprint density at radius 3 is 3.00 bits per heavy atom. The summed E-state index contributed by atoms with van der Waals surface area (Å²) in [7, 11) is 1.84. The molecule has 1 saturated carbocycles. The molecule has 1 heterocycles. The van der Waals surface area contributed by atoms with Gasteiger partial charge in [0.1, 0.15) is 10.6 Å². The Labute approximate surface area is 102 Å². The van der Waals surface area contributed by atoms with Crippen LogP contribution in [-0.2, 0) is 16.8 Å². The topological polar surface area (TPSA) is 22.1 Å². The minimum absolute atomic E-state index is 0.0875. The number of nitrogens with zero attached hydrogens (tertiary/aromatic N) is 1. The van der Waals surface area contributed by atoms with Gasteiger partial charge in [-0.3, -0.25) is 0 Å². The van der Waals surface area contributed by atoms with E-state index in [1.807, 2.05) is 7.11 Å². The number of ether oxygens (including phenoxy) is 1. The second kappa shape index (κ2) is 4.84. The highest BCUT2D eigenvalue weighted by Crippen LogP contribution is 2.43. The molecule has 1 fully saturated rings. The Hall–Kier alpha value is -0.410. The molecule has 1 aromatic heterocycles. The molecule has 0 N–H and O–H groups in total. The second-order valence-electron chi connectivity index (χ2n) is 4.90. The molecule has 2 unspecified atom stereocenters. The lowest BCUT2D eigenvalue weighted by atomic mass is 9.79. The summed E-state index contributed by atoms with van der Waals surface area (Å²) in [5.41, 5.74) is 1.12. The number of aromatic nitrogens is 1. The Kier molecular flexibility index (Phi) is 3.65. The highest BCUT2D eigenvalue weighted by molar-refractivity contribution is 7.09. The Morgan fingerprint density at radius 2 is 2.44 bits per heavy atom. The number of hydrogen-bond acceptors (Lipinski definition) is 3. The Morgan fingerprint density at radius 1 is 1.62 bits per heavy atom. The molecular formula is C13H21NOS. The van der Waals surface area contributed by atoms with Gasteiger partial charge in [0.05, 0.1) is 5.69 Å². The van der Waals surface area contributed by atoms with Gasteiger partial charge < -0.3 is 4.74 Å². The summed E-state index contributed by atoms with van der Waals surface area (Å²) in [5, 5.41) is 3.37. The molecule has 0 spiro atoms. The van der Waals surface area contributed by atoms with Crippen LogP contribution in [0.2, 0.25) is 0 Å². The number of aryl methyl sites for hydroxylation is 1. The summed E-state index contributed by atoms with van der Waals surface area (Å²) in [6, 6.07) is 0. The standard InChI is InChI=1S/C13H21NOS/c1-4-11-9-16-12(14-11)13(15-3)7-5-6-10(2)8-13/h9-10H,4-8H2,1-3H3. The molecule has 1 aliphatic rings. The van der Waals surface area contributed by atoms with Crippen molar-refractivity contribution in [3.8, 4) is 0 Å². The van der Waals surface area contributed by atoms with Gasteiger partial charge in [-0.25, -0.2) is 4.98 Å². The molecule has 0 bridgehead atoms. The van der Waals surface area contributed by atoms with Crippen LogP contribution >= 0.6 is 11.3 Å². The third-order valence-electron chi connectivity index (χ3n) is 3.65. The maximum absolute atomic E-state index is 5.84. The third kappa shape index (κ3) is 2.16. The lowest BCUT2D eigenvalue weighted by molar-refractivity contribution is -0.0581. The quantitative estimate of drug-likeness (QED) is 0.801. The van der Waals surface area contributed by atoms with Gasteiger partial charge in [-0.1, -0.05) is 20.3 Å². The van der Waals surface area contributed by atoms with Gasteiger partial charge in [-0.15, -0.1) is 11.3 Å². The molecule has 1 aromatic rings. The molecule has 0 aliphatic heterocycles. The van der Waals surface area contributed by atoms with Crippen molar-refractivity contribution in [3.63, 3.8) is 0 Å². The molecule has 90 valence electrons. The van der Waals surface area contributed by atoms with Crippen LogP contribution in [0.4, 0.5) is 0 Å². The minimum atomic E-state index is -0.0875. The van der Waals surface area contributed by atoms with Crippen molar-refractivity contribution in [3.05, 3.63) is 16.1 Å². The second-order valence-corrected chi connectivity index (χ2v) is 5.76. The van der Waals surface area contributed by atoms with Gasteiger partial charge in [0, 0.05) is 12.5 Å². The minimum Gasteiger partial charge on any atom is -0.371 e. The summed E-state index contributed by atoms with van der Waals surface area (Å²) in [4.78, 5) is 4.72. The maximum Gasteiger partial charge on any atom is 0.125 e. The zero-order valence-corrected chi connectivity index (χ0v) is 11.3. The van der Waals surface area contributed by atoms with E-state index in [1.54, 1.807) is 11.3 Å². The van der Waals surface area contributed by atoms with Gasteiger partial charge in [0.25, 0.3) is 0 Å². The SMILES string of the molecule is CCc1csc(C2(OC)CCCC(C)C2)n1. The van der Waals surface area contributed by atoms with Crippen LogP contribution in [0.1, 0.15) is 50.2 Å². The monoisotopic (exact) mass is 239 g/mol. The van der Waals surface area contributed by atoms with E-state index in [0.717, 1.165) is 25.2 Å². The van der Waals surface area contributed by atoms with E-state index in [4.69, 9.17) is 9.72 Å². The highest BCUT2D eigenvalue weighted by Gasteiger charge is 2.39. The van der Waals surface area contributed by atoms with Crippen molar-refractivity contribution in [1.29, 1.82) is 0 Å². The molecule has 3 heteroatoms. The lowest BCUT2D eigenvalue weighted by Crippen LogP contribution is -2.34. The molecule has 16 heavy (non-hydrogen) atoms. The molecule has 2 rings (SSSR count). The molecule has 0 aromatic carbocycles. The van der Waals surface area contributed by atoms with E-state index in [-0.39, 0.29) is 5.60 Å². The average Bonchev–Trinajstić information content (AvgIpc) is 2.78. The van der Waals surface area contributed by atoms with Crippen LogP contribution < -0.4 is 0 Å². The van der Waals surface area contributed by atoms with Gasteiger partial charge in [-0.05, 0) is 31.6 Å².